The van der Waals surface area contributed by atoms with E-state index in [1.54, 1.807) is 12.7 Å². The van der Waals surface area contributed by atoms with Crippen LogP contribution in [-0.4, -0.2) is 84.9 Å². The largest absolute Gasteiger partial charge is 0.405 e. The van der Waals surface area contributed by atoms with Crippen LogP contribution in [0.5, 0.6) is 0 Å². The Bertz CT molecular complexity index is 1490. The van der Waals surface area contributed by atoms with E-state index in [-0.39, 0.29) is 23.5 Å². The number of ether oxygens (including phenoxy) is 3. The molecular weight excluding hydrogens is 572 g/mol. The first-order valence-electron chi connectivity index (χ1n) is 15.2. The molecule has 1 fully saturated rings. The minimum Gasteiger partial charge on any atom is -0.405 e. The molecule has 0 saturated carbocycles. The molecule has 4 aromatic rings. The first-order chi connectivity index (χ1) is 21.1. The molecule has 1 aliphatic heterocycles. The molecule has 4 atom stereocenters. The average Bonchev–Trinajstić information content (AvgIpc) is 3.61. The van der Waals surface area contributed by atoms with Gasteiger partial charge in [-0.25, -0.2) is 19.9 Å². The van der Waals surface area contributed by atoms with Gasteiger partial charge in [0.15, 0.2) is 23.3 Å². The molecule has 234 valence electrons. The zero-order valence-corrected chi connectivity index (χ0v) is 27.8. The van der Waals surface area contributed by atoms with Gasteiger partial charge < -0.3 is 23.5 Å². The van der Waals surface area contributed by atoms with Crippen molar-refractivity contribution < 1.29 is 18.6 Å². The molecule has 1 unspecified atom stereocenters. The number of aliphatic imine (C=N–C) groups is 1. The third kappa shape index (κ3) is 6.62. The molecule has 0 radical (unpaired) electrons. The second-order valence-corrected chi connectivity index (χ2v) is 16.6. The standard InChI is InChI=1S/C33H44N6O4Si/c1-8-40-24(2)42-27-19-29(39-23-36-30-31(37-22-38(6)7)34-21-35-32(30)39)43-28(27)20-41-44(33(3,4)5,25-15-11-9-12-16-25)26-17-13-10-14-18-26/h9-18,21-24,27-29H,8,19-20H2,1-7H3/b37-22+/t24-,27?,28+,29+/m0/s1. The minimum atomic E-state index is -2.79. The highest BCUT2D eigenvalue weighted by Gasteiger charge is 2.51. The lowest BCUT2D eigenvalue weighted by atomic mass is 10.2. The number of benzene rings is 2. The first kappa shape index (κ1) is 31.9. The molecule has 1 saturated heterocycles. The summed E-state index contributed by atoms with van der Waals surface area (Å²) in [6.45, 7) is 11.6. The third-order valence-corrected chi connectivity index (χ3v) is 12.9. The average molecular weight is 617 g/mol. The van der Waals surface area contributed by atoms with Crippen LogP contribution in [0.4, 0.5) is 5.82 Å². The van der Waals surface area contributed by atoms with Crippen LogP contribution in [0.25, 0.3) is 11.2 Å². The van der Waals surface area contributed by atoms with Crippen molar-refractivity contribution in [3.05, 3.63) is 73.3 Å². The summed E-state index contributed by atoms with van der Waals surface area (Å²) in [7, 11) is 1.03. The van der Waals surface area contributed by atoms with Crippen LogP contribution in [0.3, 0.4) is 0 Å². The van der Waals surface area contributed by atoms with Crippen LogP contribution in [0.1, 0.15) is 47.3 Å². The zero-order chi connectivity index (χ0) is 31.3. The molecule has 0 bridgehead atoms. The van der Waals surface area contributed by atoms with Gasteiger partial charge in [0.2, 0.25) is 0 Å². The van der Waals surface area contributed by atoms with Crippen molar-refractivity contribution in [2.75, 3.05) is 27.3 Å². The summed E-state index contributed by atoms with van der Waals surface area (Å²) >= 11 is 0. The Morgan fingerprint density at radius 1 is 1.05 bits per heavy atom. The van der Waals surface area contributed by atoms with Crippen molar-refractivity contribution in [2.45, 2.75) is 70.8 Å². The SMILES string of the molecule is CCO[C@H](C)OC1C[C@H](n2cnc3c(/N=C/N(C)C)ncnc32)O[C@@H]1CO[Si](c1ccccc1)(c1ccccc1)C(C)(C)C. The molecule has 5 rings (SSSR count). The van der Waals surface area contributed by atoms with E-state index in [0.29, 0.717) is 36.6 Å². The highest BCUT2D eigenvalue weighted by Crippen LogP contribution is 2.39. The Hall–Kier alpha value is -3.48. The van der Waals surface area contributed by atoms with Crippen molar-refractivity contribution in [3.63, 3.8) is 0 Å². The van der Waals surface area contributed by atoms with Crippen LogP contribution in [-0.2, 0) is 18.6 Å². The van der Waals surface area contributed by atoms with E-state index in [9.17, 15) is 0 Å². The van der Waals surface area contributed by atoms with E-state index in [0.717, 1.165) is 0 Å². The summed E-state index contributed by atoms with van der Waals surface area (Å²) in [6.07, 6.45) is 4.14. The molecule has 44 heavy (non-hydrogen) atoms. The first-order valence-corrected chi connectivity index (χ1v) is 17.1. The van der Waals surface area contributed by atoms with Gasteiger partial charge in [-0.1, -0.05) is 81.4 Å². The second kappa shape index (κ2) is 13.7. The maximum absolute atomic E-state index is 7.27. The Kier molecular flexibility index (Phi) is 9.91. The Morgan fingerprint density at radius 2 is 1.70 bits per heavy atom. The zero-order valence-electron chi connectivity index (χ0n) is 26.8. The van der Waals surface area contributed by atoms with Crippen LogP contribution in [0.15, 0.2) is 78.3 Å². The van der Waals surface area contributed by atoms with Gasteiger partial charge in [0, 0.05) is 27.1 Å². The lowest BCUT2D eigenvalue weighted by Gasteiger charge is -2.43. The highest BCUT2D eigenvalue weighted by atomic mass is 28.4. The van der Waals surface area contributed by atoms with Crippen LogP contribution < -0.4 is 10.4 Å². The summed E-state index contributed by atoms with van der Waals surface area (Å²) in [5.74, 6) is 0.504. The summed E-state index contributed by atoms with van der Waals surface area (Å²) in [5, 5.41) is 2.27. The normalized spacial score (nSPS) is 20.0. The molecule has 0 aliphatic carbocycles. The van der Waals surface area contributed by atoms with Gasteiger partial charge in [0.25, 0.3) is 8.32 Å². The monoisotopic (exact) mass is 616 g/mol. The molecule has 2 aromatic carbocycles. The molecular formula is C33H44N6O4Si. The highest BCUT2D eigenvalue weighted by molar-refractivity contribution is 6.99. The number of nitrogens with zero attached hydrogens (tertiary/aromatic N) is 6. The molecule has 0 amide bonds. The number of aromatic nitrogens is 4. The number of fused-ring (bicyclic) bond motifs is 1. The maximum Gasteiger partial charge on any atom is 0.261 e. The summed E-state index contributed by atoms with van der Waals surface area (Å²) in [6, 6.07) is 21.3. The van der Waals surface area contributed by atoms with Gasteiger partial charge in [-0.2, -0.15) is 0 Å². The molecule has 0 spiro atoms. The molecule has 1 aliphatic rings. The van der Waals surface area contributed by atoms with Gasteiger partial charge in [0.05, 0.1) is 25.4 Å². The number of imidazole rings is 1. The molecule has 0 N–H and O–H groups in total. The van der Waals surface area contributed by atoms with Crippen molar-refractivity contribution in [1.82, 2.24) is 24.4 Å². The van der Waals surface area contributed by atoms with E-state index in [4.69, 9.17) is 18.6 Å². The van der Waals surface area contributed by atoms with Gasteiger partial charge in [-0.05, 0) is 29.3 Å². The Balaban J connectivity index is 1.48. The Morgan fingerprint density at radius 3 is 2.30 bits per heavy atom. The predicted octanol–water partition coefficient (Wildman–Crippen LogP) is 4.68. The quantitative estimate of drug-likeness (QED) is 0.0980. The smallest absolute Gasteiger partial charge is 0.261 e. The summed E-state index contributed by atoms with van der Waals surface area (Å²) in [4.78, 5) is 19.8. The van der Waals surface area contributed by atoms with Gasteiger partial charge in [-0.15, -0.1) is 0 Å². The van der Waals surface area contributed by atoms with E-state index in [1.807, 2.05) is 37.4 Å². The van der Waals surface area contributed by atoms with E-state index in [2.05, 4.69) is 101 Å². The van der Waals surface area contributed by atoms with Crippen molar-refractivity contribution >= 4 is 42.0 Å². The molecule has 11 heteroatoms. The van der Waals surface area contributed by atoms with Crippen molar-refractivity contribution in [2.24, 2.45) is 4.99 Å². The lowest BCUT2D eigenvalue weighted by molar-refractivity contribution is -0.172. The van der Waals surface area contributed by atoms with E-state index < -0.39 is 14.6 Å². The Labute approximate surface area is 261 Å². The van der Waals surface area contributed by atoms with Gasteiger partial charge >= 0.3 is 0 Å². The van der Waals surface area contributed by atoms with Crippen molar-refractivity contribution in [1.29, 1.82) is 0 Å². The minimum absolute atomic E-state index is 0.163. The summed E-state index contributed by atoms with van der Waals surface area (Å²) in [5.41, 5.74) is 1.27. The topological polar surface area (TPSA) is 96.1 Å². The molecule has 2 aromatic heterocycles. The van der Waals surface area contributed by atoms with Crippen LogP contribution in [0, 0.1) is 0 Å². The molecule has 3 heterocycles. The maximum atomic E-state index is 7.27. The fraction of sp³-hybridized carbons (Fsp3) is 0.455. The predicted molar refractivity (Wildman–Crippen MR) is 175 cm³/mol. The van der Waals surface area contributed by atoms with E-state index in [1.165, 1.54) is 16.7 Å². The lowest BCUT2D eigenvalue weighted by Crippen LogP contribution is -2.67. The number of rotatable bonds is 12. The fourth-order valence-electron chi connectivity index (χ4n) is 5.97. The van der Waals surface area contributed by atoms with Crippen molar-refractivity contribution in [3.8, 4) is 0 Å². The van der Waals surface area contributed by atoms with Gasteiger partial charge in [-0.3, -0.25) is 4.57 Å². The summed E-state index contributed by atoms with van der Waals surface area (Å²) < 4.78 is 28.2. The number of hydrogen-bond donors (Lipinski definition) is 0. The number of hydrogen-bond acceptors (Lipinski definition) is 8. The fourth-order valence-corrected chi connectivity index (χ4v) is 10.5. The van der Waals surface area contributed by atoms with Crippen LogP contribution >= 0.6 is 0 Å². The second-order valence-electron chi connectivity index (χ2n) is 12.3. The van der Waals surface area contributed by atoms with E-state index >= 15 is 0 Å². The van der Waals surface area contributed by atoms with Gasteiger partial charge in [0.1, 0.15) is 18.7 Å². The van der Waals surface area contributed by atoms with Crippen LogP contribution in [0.2, 0.25) is 5.04 Å². The molecule has 10 nitrogen and oxygen atoms in total. The third-order valence-electron chi connectivity index (χ3n) is 7.89.